The zero-order valence-corrected chi connectivity index (χ0v) is 11.8. The highest BCUT2D eigenvalue weighted by molar-refractivity contribution is 5.29. The van der Waals surface area contributed by atoms with Gasteiger partial charge in [0, 0.05) is 6.54 Å². The highest BCUT2D eigenvalue weighted by Crippen LogP contribution is 2.18. The van der Waals surface area contributed by atoms with Gasteiger partial charge in [0.2, 0.25) is 0 Å². The minimum atomic E-state index is 0.562. The maximum atomic E-state index is 5.69. The van der Waals surface area contributed by atoms with Crippen LogP contribution in [0.5, 0.6) is 5.75 Å². The van der Waals surface area contributed by atoms with Crippen LogP contribution in [0.3, 0.4) is 0 Å². The van der Waals surface area contributed by atoms with E-state index in [0.29, 0.717) is 12.5 Å². The van der Waals surface area contributed by atoms with Gasteiger partial charge in [0.15, 0.2) is 0 Å². The van der Waals surface area contributed by atoms with Crippen molar-refractivity contribution in [1.82, 2.24) is 5.32 Å². The van der Waals surface area contributed by atoms with E-state index in [4.69, 9.17) is 4.74 Å². The van der Waals surface area contributed by atoms with Gasteiger partial charge in [0.05, 0.1) is 0 Å². The summed E-state index contributed by atoms with van der Waals surface area (Å²) in [6.07, 6.45) is 1.14. The van der Waals surface area contributed by atoms with Crippen LogP contribution in [0, 0.1) is 0 Å². The van der Waals surface area contributed by atoms with Gasteiger partial charge in [-0.2, -0.15) is 0 Å². The Labute approximate surface area is 111 Å². The summed E-state index contributed by atoms with van der Waals surface area (Å²) in [5, 5.41) is 3.32. The lowest BCUT2D eigenvalue weighted by Gasteiger charge is -2.11. The van der Waals surface area contributed by atoms with E-state index in [2.05, 4.69) is 44.8 Å². The average Bonchev–Trinajstić information content (AvgIpc) is 2.37. The Morgan fingerprint density at radius 3 is 2.50 bits per heavy atom. The predicted octanol–water partition coefficient (Wildman–Crippen LogP) is 3.74. The molecule has 1 N–H and O–H groups in total. The molecule has 0 aliphatic heterocycles. The van der Waals surface area contributed by atoms with Crippen molar-refractivity contribution in [3.8, 4) is 5.75 Å². The molecule has 0 amide bonds. The third-order valence-corrected chi connectivity index (χ3v) is 2.79. The molecule has 1 rings (SSSR count). The number of hydrogen-bond acceptors (Lipinski definition) is 2. The van der Waals surface area contributed by atoms with Crippen LogP contribution in [0.2, 0.25) is 0 Å². The lowest BCUT2D eigenvalue weighted by molar-refractivity contribution is 0.348. The number of ether oxygens (including phenoxy) is 1. The molecule has 100 valence electrons. The molecule has 0 aliphatic rings. The van der Waals surface area contributed by atoms with Crippen LogP contribution in [0.15, 0.2) is 36.4 Å². The maximum Gasteiger partial charge on any atom is 0.119 e. The van der Waals surface area contributed by atoms with Crippen LogP contribution in [-0.2, 0) is 0 Å². The van der Waals surface area contributed by atoms with E-state index < -0.39 is 0 Å². The first kappa shape index (κ1) is 14.8. The second-order valence-electron chi connectivity index (χ2n) is 4.94. The Kier molecular flexibility index (Phi) is 6.51. The molecule has 2 heteroatoms. The molecule has 0 aliphatic carbocycles. The standard InChI is InChI=1S/C16H25NO/c1-5-10-17-11-14(4)12-18-16-8-6-15(7-9-16)13(2)3/h6-9,13,17H,4-5,10-12H2,1-3H3. The molecule has 0 aromatic heterocycles. The van der Waals surface area contributed by atoms with Gasteiger partial charge in [-0.3, -0.25) is 0 Å². The molecular formula is C16H25NO. The smallest absolute Gasteiger partial charge is 0.119 e. The molecule has 0 bridgehead atoms. The van der Waals surface area contributed by atoms with E-state index in [-0.39, 0.29) is 0 Å². The van der Waals surface area contributed by atoms with Gasteiger partial charge in [-0.1, -0.05) is 39.5 Å². The van der Waals surface area contributed by atoms with Crippen molar-refractivity contribution < 1.29 is 4.74 Å². The van der Waals surface area contributed by atoms with Crippen molar-refractivity contribution in [3.05, 3.63) is 42.0 Å². The Morgan fingerprint density at radius 2 is 1.94 bits per heavy atom. The fraction of sp³-hybridized carbons (Fsp3) is 0.500. The number of rotatable bonds is 8. The number of benzene rings is 1. The SMILES string of the molecule is C=C(CNCCC)COc1ccc(C(C)C)cc1. The number of nitrogens with one attached hydrogen (secondary N) is 1. The highest BCUT2D eigenvalue weighted by atomic mass is 16.5. The molecule has 0 saturated carbocycles. The second kappa shape index (κ2) is 7.93. The van der Waals surface area contributed by atoms with Gasteiger partial charge in [-0.05, 0) is 42.2 Å². The van der Waals surface area contributed by atoms with Crippen molar-refractivity contribution in [2.45, 2.75) is 33.1 Å². The largest absolute Gasteiger partial charge is 0.489 e. The van der Waals surface area contributed by atoms with Crippen LogP contribution >= 0.6 is 0 Å². The summed E-state index contributed by atoms with van der Waals surface area (Å²) in [7, 11) is 0. The fourth-order valence-electron chi connectivity index (χ4n) is 1.63. The molecule has 18 heavy (non-hydrogen) atoms. The van der Waals surface area contributed by atoms with Crippen LogP contribution in [0.4, 0.5) is 0 Å². The summed E-state index contributed by atoms with van der Waals surface area (Å²) in [6, 6.07) is 8.31. The van der Waals surface area contributed by atoms with Crippen LogP contribution < -0.4 is 10.1 Å². The predicted molar refractivity (Wildman–Crippen MR) is 78.3 cm³/mol. The highest BCUT2D eigenvalue weighted by Gasteiger charge is 2.00. The summed E-state index contributed by atoms with van der Waals surface area (Å²) in [4.78, 5) is 0. The van der Waals surface area contributed by atoms with Crippen LogP contribution in [0.25, 0.3) is 0 Å². The van der Waals surface area contributed by atoms with Gasteiger partial charge in [0.25, 0.3) is 0 Å². The van der Waals surface area contributed by atoms with Crippen LogP contribution in [-0.4, -0.2) is 19.7 Å². The zero-order chi connectivity index (χ0) is 13.4. The third kappa shape index (κ3) is 5.37. The number of hydrogen-bond donors (Lipinski definition) is 1. The van der Waals surface area contributed by atoms with E-state index in [9.17, 15) is 0 Å². The lowest BCUT2D eigenvalue weighted by atomic mass is 10.0. The van der Waals surface area contributed by atoms with Crippen molar-refractivity contribution >= 4 is 0 Å². The Balaban J connectivity index is 2.32. The lowest BCUT2D eigenvalue weighted by Crippen LogP contribution is -2.20. The summed E-state index contributed by atoms with van der Waals surface area (Å²) in [5.41, 5.74) is 2.42. The van der Waals surface area contributed by atoms with Gasteiger partial charge in [-0.15, -0.1) is 0 Å². The van der Waals surface area contributed by atoms with Crippen molar-refractivity contribution in [2.24, 2.45) is 0 Å². The Bertz CT molecular complexity index is 354. The normalized spacial score (nSPS) is 10.7. The molecule has 0 atom stereocenters. The molecule has 2 nitrogen and oxygen atoms in total. The maximum absolute atomic E-state index is 5.69. The fourth-order valence-corrected chi connectivity index (χ4v) is 1.63. The topological polar surface area (TPSA) is 21.3 Å². The second-order valence-corrected chi connectivity index (χ2v) is 4.94. The Morgan fingerprint density at radius 1 is 1.28 bits per heavy atom. The van der Waals surface area contributed by atoms with Crippen molar-refractivity contribution in [3.63, 3.8) is 0 Å². The molecule has 0 spiro atoms. The summed E-state index contributed by atoms with van der Waals surface area (Å²) in [6.45, 7) is 13.0. The molecule has 0 heterocycles. The van der Waals surface area contributed by atoms with Gasteiger partial charge in [-0.25, -0.2) is 0 Å². The molecule has 0 fully saturated rings. The van der Waals surface area contributed by atoms with E-state index in [1.54, 1.807) is 0 Å². The Hall–Kier alpha value is -1.28. The molecule has 1 aromatic carbocycles. The summed E-state index contributed by atoms with van der Waals surface area (Å²) < 4.78 is 5.69. The molecule has 0 saturated heterocycles. The minimum Gasteiger partial charge on any atom is -0.489 e. The van der Waals surface area contributed by atoms with Crippen molar-refractivity contribution in [2.75, 3.05) is 19.7 Å². The molecule has 0 radical (unpaired) electrons. The first-order chi connectivity index (χ1) is 8.63. The van der Waals surface area contributed by atoms with E-state index >= 15 is 0 Å². The monoisotopic (exact) mass is 247 g/mol. The summed E-state index contributed by atoms with van der Waals surface area (Å²) >= 11 is 0. The van der Waals surface area contributed by atoms with E-state index in [1.807, 2.05) is 12.1 Å². The minimum absolute atomic E-state index is 0.562. The third-order valence-electron chi connectivity index (χ3n) is 2.79. The van der Waals surface area contributed by atoms with Gasteiger partial charge >= 0.3 is 0 Å². The first-order valence-electron chi connectivity index (χ1n) is 6.73. The first-order valence-corrected chi connectivity index (χ1v) is 6.73. The zero-order valence-electron chi connectivity index (χ0n) is 11.8. The van der Waals surface area contributed by atoms with Crippen LogP contribution in [0.1, 0.15) is 38.7 Å². The molecule has 1 aromatic rings. The molecule has 0 unspecified atom stereocenters. The quantitative estimate of drug-likeness (QED) is 0.558. The summed E-state index contributed by atoms with van der Waals surface area (Å²) in [5.74, 6) is 1.48. The van der Waals surface area contributed by atoms with Crippen molar-refractivity contribution in [1.29, 1.82) is 0 Å². The van der Waals surface area contributed by atoms with Gasteiger partial charge < -0.3 is 10.1 Å². The molecular weight excluding hydrogens is 222 g/mol. The average molecular weight is 247 g/mol. The van der Waals surface area contributed by atoms with E-state index in [0.717, 1.165) is 30.8 Å². The van der Waals surface area contributed by atoms with Gasteiger partial charge in [0.1, 0.15) is 12.4 Å². The van der Waals surface area contributed by atoms with E-state index in [1.165, 1.54) is 5.56 Å².